The van der Waals surface area contributed by atoms with Crippen LogP contribution >= 0.6 is 11.3 Å². The Kier molecular flexibility index (Phi) is 5.75. The number of nitrogens with two attached hydrogens (primary N) is 1. The molecule has 0 radical (unpaired) electrons. The summed E-state index contributed by atoms with van der Waals surface area (Å²) in [7, 11) is 0. The van der Waals surface area contributed by atoms with E-state index in [0.717, 1.165) is 30.0 Å². The van der Waals surface area contributed by atoms with Gasteiger partial charge in [-0.3, -0.25) is 4.99 Å². The predicted octanol–water partition coefficient (Wildman–Crippen LogP) is 3.24. The zero-order valence-electron chi connectivity index (χ0n) is 12.6. The zero-order chi connectivity index (χ0) is 15.1. The molecule has 0 aliphatic heterocycles. The molecule has 1 aromatic carbocycles. The van der Waals surface area contributed by atoms with Gasteiger partial charge in [-0.2, -0.15) is 0 Å². The van der Waals surface area contributed by atoms with Gasteiger partial charge < -0.3 is 11.1 Å². The number of aliphatic imine (C=N–C) groups is 1. The highest BCUT2D eigenvalue weighted by Gasteiger charge is 2.00. The molecule has 0 saturated carbocycles. The molecule has 0 fully saturated rings. The van der Waals surface area contributed by atoms with Crippen LogP contribution in [-0.2, 0) is 19.3 Å². The van der Waals surface area contributed by atoms with Gasteiger partial charge in [-0.05, 0) is 30.5 Å². The van der Waals surface area contributed by atoms with Gasteiger partial charge >= 0.3 is 0 Å². The van der Waals surface area contributed by atoms with Crippen LogP contribution in [0.25, 0.3) is 0 Å². The van der Waals surface area contributed by atoms with E-state index in [2.05, 4.69) is 41.3 Å². The van der Waals surface area contributed by atoms with Crippen molar-refractivity contribution < 1.29 is 0 Å². The van der Waals surface area contributed by atoms with Crippen molar-refractivity contribution in [3.8, 4) is 0 Å². The van der Waals surface area contributed by atoms with Crippen molar-refractivity contribution >= 4 is 23.0 Å². The second-order valence-corrected chi connectivity index (χ2v) is 5.97. The highest BCUT2D eigenvalue weighted by Crippen LogP contribution is 2.14. The van der Waals surface area contributed by atoms with Crippen LogP contribution in [0.4, 0.5) is 5.69 Å². The van der Waals surface area contributed by atoms with Gasteiger partial charge in [0, 0.05) is 29.7 Å². The van der Waals surface area contributed by atoms with Crippen LogP contribution in [0.5, 0.6) is 0 Å². The molecular formula is C16H22N4S. The first-order valence-electron chi connectivity index (χ1n) is 7.30. The van der Waals surface area contributed by atoms with Crippen LogP contribution in [-0.4, -0.2) is 17.5 Å². The maximum absolute atomic E-state index is 5.89. The summed E-state index contributed by atoms with van der Waals surface area (Å²) in [5, 5.41) is 4.23. The Hall–Kier alpha value is -1.88. The first-order chi connectivity index (χ1) is 10.2. The Bertz CT molecular complexity index is 587. The van der Waals surface area contributed by atoms with E-state index in [1.54, 1.807) is 11.3 Å². The SMILES string of the molecule is CCc1ccc(NC(N)=NCCc2ncc(CC)s2)cc1. The van der Waals surface area contributed by atoms with Crippen molar-refractivity contribution in [1.82, 2.24) is 4.98 Å². The van der Waals surface area contributed by atoms with Gasteiger partial charge in [0.1, 0.15) is 0 Å². The maximum Gasteiger partial charge on any atom is 0.193 e. The lowest BCUT2D eigenvalue weighted by atomic mass is 10.1. The molecule has 112 valence electrons. The molecular weight excluding hydrogens is 280 g/mol. The minimum atomic E-state index is 0.450. The highest BCUT2D eigenvalue weighted by molar-refractivity contribution is 7.11. The summed E-state index contributed by atoms with van der Waals surface area (Å²) in [4.78, 5) is 10.0. The molecule has 5 heteroatoms. The Morgan fingerprint density at radius 2 is 2.00 bits per heavy atom. The fraction of sp³-hybridized carbons (Fsp3) is 0.375. The average Bonchev–Trinajstić information content (AvgIpc) is 2.96. The topological polar surface area (TPSA) is 63.3 Å². The summed E-state index contributed by atoms with van der Waals surface area (Å²) in [6.07, 6.45) is 4.86. The number of aryl methyl sites for hydroxylation is 2. The number of hydrogen-bond acceptors (Lipinski definition) is 3. The van der Waals surface area contributed by atoms with E-state index < -0.39 is 0 Å². The monoisotopic (exact) mass is 302 g/mol. The van der Waals surface area contributed by atoms with Gasteiger partial charge in [-0.1, -0.05) is 26.0 Å². The minimum Gasteiger partial charge on any atom is -0.370 e. The second-order valence-electron chi connectivity index (χ2n) is 4.77. The molecule has 4 nitrogen and oxygen atoms in total. The number of rotatable bonds is 6. The summed E-state index contributed by atoms with van der Waals surface area (Å²) in [5.41, 5.74) is 8.17. The maximum atomic E-state index is 5.89. The molecule has 0 aliphatic carbocycles. The van der Waals surface area contributed by atoms with Crippen molar-refractivity contribution in [3.63, 3.8) is 0 Å². The van der Waals surface area contributed by atoms with Gasteiger partial charge in [0.05, 0.1) is 5.01 Å². The highest BCUT2D eigenvalue weighted by atomic mass is 32.1. The molecule has 0 atom stereocenters. The standard InChI is InChI=1S/C16H22N4S/c1-3-12-5-7-13(8-6-12)20-16(17)18-10-9-15-19-11-14(4-2)21-15/h5-8,11H,3-4,9-10H2,1-2H3,(H3,17,18,20). The minimum absolute atomic E-state index is 0.450. The van der Waals surface area contributed by atoms with Crippen molar-refractivity contribution in [1.29, 1.82) is 0 Å². The van der Waals surface area contributed by atoms with Gasteiger partial charge in [0.2, 0.25) is 0 Å². The van der Waals surface area contributed by atoms with E-state index in [1.807, 2.05) is 18.3 Å². The fourth-order valence-electron chi connectivity index (χ4n) is 1.91. The molecule has 1 aromatic heterocycles. The third-order valence-corrected chi connectivity index (χ3v) is 4.39. The average molecular weight is 302 g/mol. The van der Waals surface area contributed by atoms with E-state index in [-0.39, 0.29) is 0 Å². The molecule has 0 aliphatic rings. The van der Waals surface area contributed by atoms with Crippen LogP contribution in [0.1, 0.15) is 29.3 Å². The van der Waals surface area contributed by atoms with E-state index in [0.29, 0.717) is 12.5 Å². The quantitative estimate of drug-likeness (QED) is 0.636. The number of anilines is 1. The number of aromatic nitrogens is 1. The van der Waals surface area contributed by atoms with Crippen LogP contribution < -0.4 is 11.1 Å². The lowest BCUT2D eigenvalue weighted by Crippen LogP contribution is -2.23. The second kappa shape index (κ2) is 7.78. The van der Waals surface area contributed by atoms with Crippen molar-refractivity contribution in [3.05, 3.63) is 45.9 Å². The Morgan fingerprint density at radius 1 is 1.24 bits per heavy atom. The van der Waals surface area contributed by atoms with Gasteiger partial charge in [-0.15, -0.1) is 11.3 Å². The summed E-state index contributed by atoms with van der Waals surface area (Å²) < 4.78 is 0. The van der Waals surface area contributed by atoms with E-state index in [9.17, 15) is 0 Å². The number of nitrogens with zero attached hydrogens (tertiary/aromatic N) is 2. The smallest absolute Gasteiger partial charge is 0.193 e. The Labute approximate surface area is 130 Å². The molecule has 2 aromatic rings. The van der Waals surface area contributed by atoms with Crippen LogP contribution in [0, 0.1) is 0 Å². The molecule has 21 heavy (non-hydrogen) atoms. The van der Waals surface area contributed by atoms with Crippen molar-refractivity contribution in [2.75, 3.05) is 11.9 Å². The number of nitrogens with one attached hydrogen (secondary N) is 1. The molecule has 0 amide bonds. The first-order valence-corrected chi connectivity index (χ1v) is 8.12. The summed E-state index contributed by atoms with van der Waals surface area (Å²) in [6.45, 7) is 4.94. The molecule has 0 spiro atoms. The summed E-state index contributed by atoms with van der Waals surface area (Å²) in [6, 6.07) is 8.24. The summed E-state index contributed by atoms with van der Waals surface area (Å²) >= 11 is 1.75. The number of thiazole rings is 1. The molecule has 2 rings (SSSR count). The van der Waals surface area contributed by atoms with Gasteiger partial charge in [0.15, 0.2) is 5.96 Å². The van der Waals surface area contributed by atoms with Crippen molar-refractivity contribution in [2.45, 2.75) is 33.1 Å². The van der Waals surface area contributed by atoms with Crippen LogP contribution in [0.15, 0.2) is 35.5 Å². The number of hydrogen-bond donors (Lipinski definition) is 2. The molecule has 0 bridgehead atoms. The fourth-order valence-corrected chi connectivity index (χ4v) is 2.76. The summed E-state index contributed by atoms with van der Waals surface area (Å²) in [5.74, 6) is 0.450. The van der Waals surface area contributed by atoms with Crippen LogP contribution in [0.2, 0.25) is 0 Å². The Morgan fingerprint density at radius 3 is 2.62 bits per heavy atom. The Balaban J connectivity index is 1.82. The third-order valence-electron chi connectivity index (χ3n) is 3.19. The van der Waals surface area contributed by atoms with Crippen LogP contribution in [0.3, 0.4) is 0 Å². The third kappa shape index (κ3) is 4.86. The number of benzene rings is 1. The van der Waals surface area contributed by atoms with E-state index in [1.165, 1.54) is 10.4 Å². The van der Waals surface area contributed by atoms with Gasteiger partial charge in [0.25, 0.3) is 0 Å². The first kappa shape index (κ1) is 15.5. The molecule has 1 heterocycles. The molecule has 0 unspecified atom stereocenters. The largest absolute Gasteiger partial charge is 0.370 e. The van der Waals surface area contributed by atoms with Crippen molar-refractivity contribution in [2.24, 2.45) is 10.7 Å². The van der Waals surface area contributed by atoms with E-state index in [4.69, 9.17) is 5.73 Å². The predicted molar refractivity (Wildman–Crippen MR) is 91.1 cm³/mol. The van der Waals surface area contributed by atoms with Gasteiger partial charge in [-0.25, -0.2) is 4.98 Å². The zero-order valence-corrected chi connectivity index (χ0v) is 13.4. The lowest BCUT2D eigenvalue weighted by Gasteiger charge is -2.06. The van der Waals surface area contributed by atoms with E-state index >= 15 is 0 Å². The molecule has 0 saturated heterocycles. The lowest BCUT2D eigenvalue weighted by molar-refractivity contribution is 0.949. The number of guanidine groups is 1. The normalized spacial score (nSPS) is 11.6. The molecule has 3 N–H and O–H groups in total.